The van der Waals surface area contributed by atoms with E-state index in [-0.39, 0.29) is 16.4 Å². The fourth-order valence-electron chi connectivity index (χ4n) is 4.13. The van der Waals surface area contributed by atoms with Crippen molar-refractivity contribution in [3.8, 4) is 5.75 Å². The molecule has 0 bridgehead atoms. The van der Waals surface area contributed by atoms with Crippen molar-refractivity contribution in [1.29, 1.82) is 0 Å². The molecule has 1 aliphatic rings. The first kappa shape index (κ1) is 20.6. The van der Waals surface area contributed by atoms with Gasteiger partial charge in [0.25, 0.3) is 5.56 Å². The number of benzene rings is 1. The summed E-state index contributed by atoms with van der Waals surface area (Å²) >= 11 is 0. The number of aryl methyl sites for hydroxylation is 2. The average Bonchev–Trinajstić information content (AvgIpc) is 3.36. The zero-order valence-corrected chi connectivity index (χ0v) is 18.4. The summed E-state index contributed by atoms with van der Waals surface area (Å²) in [5, 5.41) is 3.15. The van der Waals surface area contributed by atoms with E-state index in [0.29, 0.717) is 42.9 Å². The van der Waals surface area contributed by atoms with Crippen LogP contribution in [0.3, 0.4) is 0 Å². The third-order valence-electron chi connectivity index (χ3n) is 5.82. The number of aromatic amines is 1. The Hall–Kier alpha value is -2.65. The molecule has 0 radical (unpaired) electrons. The number of sulfonamides is 1. The van der Waals surface area contributed by atoms with Gasteiger partial charge in [-0.2, -0.15) is 4.31 Å². The molecule has 0 spiro atoms. The number of fused-ring (bicyclic) bond motifs is 1. The summed E-state index contributed by atoms with van der Waals surface area (Å²) in [6.45, 7) is 6.36. The lowest BCUT2D eigenvalue weighted by atomic mass is 10.1. The summed E-state index contributed by atoms with van der Waals surface area (Å²) in [4.78, 5) is 17.4. The Labute approximate surface area is 175 Å². The van der Waals surface area contributed by atoms with Crippen LogP contribution in [-0.4, -0.2) is 47.5 Å². The number of hydrogen-bond acceptors (Lipinski definition) is 5. The molecule has 1 atom stereocenters. The average molecular weight is 431 g/mol. The quantitative estimate of drug-likeness (QED) is 0.670. The van der Waals surface area contributed by atoms with Gasteiger partial charge in [0, 0.05) is 42.0 Å². The summed E-state index contributed by atoms with van der Waals surface area (Å²) in [5.41, 5.74) is 3.55. The molecule has 1 aromatic carbocycles. The van der Waals surface area contributed by atoms with Crippen LogP contribution in [0.25, 0.3) is 5.65 Å². The third-order valence-corrected chi connectivity index (χ3v) is 7.70. The lowest BCUT2D eigenvalue weighted by molar-refractivity contribution is 0.398. The van der Waals surface area contributed by atoms with Crippen molar-refractivity contribution in [3.63, 3.8) is 0 Å². The molecule has 1 saturated heterocycles. The number of hydrogen-bond donors (Lipinski definition) is 1. The number of ether oxygens (including phenoxy) is 1. The van der Waals surface area contributed by atoms with E-state index in [1.807, 2.05) is 32.9 Å². The highest BCUT2D eigenvalue weighted by Gasteiger charge is 2.35. The molecule has 30 heavy (non-hydrogen) atoms. The molecule has 4 rings (SSSR count). The van der Waals surface area contributed by atoms with E-state index in [9.17, 15) is 13.2 Å². The smallest absolute Gasteiger partial charge is 0.276 e. The molecule has 160 valence electrons. The van der Waals surface area contributed by atoms with E-state index >= 15 is 0 Å². The van der Waals surface area contributed by atoms with Gasteiger partial charge in [0.15, 0.2) is 5.65 Å². The molecular formula is C21H26N4O4S. The zero-order valence-electron chi connectivity index (χ0n) is 17.6. The number of aromatic nitrogens is 3. The molecule has 3 aromatic rings. The van der Waals surface area contributed by atoms with Crippen LogP contribution in [-0.2, 0) is 16.4 Å². The van der Waals surface area contributed by atoms with E-state index in [4.69, 9.17) is 4.74 Å². The molecule has 0 unspecified atom stereocenters. The lowest BCUT2D eigenvalue weighted by Gasteiger charge is -2.18. The monoisotopic (exact) mass is 430 g/mol. The van der Waals surface area contributed by atoms with Crippen LogP contribution >= 0.6 is 0 Å². The van der Waals surface area contributed by atoms with Crippen LogP contribution in [0.1, 0.15) is 41.8 Å². The second kappa shape index (κ2) is 7.55. The number of rotatable bonds is 5. The van der Waals surface area contributed by atoms with Crippen molar-refractivity contribution in [3.05, 3.63) is 57.1 Å². The number of nitrogens with zero attached hydrogens (tertiary/aromatic N) is 3. The van der Waals surface area contributed by atoms with Crippen molar-refractivity contribution < 1.29 is 13.2 Å². The second-order valence-corrected chi connectivity index (χ2v) is 9.65. The van der Waals surface area contributed by atoms with Gasteiger partial charge in [0.05, 0.1) is 7.11 Å². The molecule has 0 aliphatic carbocycles. The van der Waals surface area contributed by atoms with Crippen molar-refractivity contribution >= 4 is 15.7 Å². The summed E-state index contributed by atoms with van der Waals surface area (Å²) in [5.74, 6) is 0.301. The van der Waals surface area contributed by atoms with Crippen molar-refractivity contribution in [2.45, 2.75) is 44.4 Å². The maximum atomic E-state index is 13.3. The zero-order chi connectivity index (χ0) is 21.6. The van der Waals surface area contributed by atoms with Crippen LogP contribution in [0.2, 0.25) is 0 Å². The Morgan fingerprint density at radius 1 is 1.27 bits per heavy atom. The minimum atomic E-state index is -3.69. The van der Waals surface area contributed by atoms with Gasteiger partial charge in [-0.25, -0.2) is 17.9 Å². The van der Waals surface area contributed by atoms with E-state index in [1.54, 1.807) is 12.1 Å². The van der Waals surface area contributed by atoms with Crippen molar-refractivity contribution in [2.24, 2.45) is 0 Å². The first-order valence-corrected chi connectivity index (χ1v) is 11.5. The van der Waals surface area contributed by atoms with Gasteiger partial charge in [-0.3, -0.25) is 9.89 Å². The number of nitrogens with one attached hydrogen (secondary N) is 1. The molecule has 0 amide bonds. The first-order chi connectivity index (χ1) is 14.3. The van der Waals surface area contributed by atoms with Gasteiger partial charge >= 0.3 is 0 Å². The van der Waals surface area contributed by atoms with E-state index in [1.165, 1.54) is 15.9 Å². The number of H-pyrrole nitrogens is 1. The Morgan fingerprint density at radius 3 is 2.73 bits per heavy atom. The van der Waals surface area contributed by atoms with Crippen LogP contribution < -0.4 is 10.3 Å². The minimum absolute atomic E-state index is 0.0398. The standard InChI is InChI=1S/C21H26N4O4S/c1-5-16-14(3)22-20-11-17(23-25(20)21(16)26)15-8-9-24(12-15)30(27,28)19-10-13(2)6-7-18(19)29-4/h6-7,10-11,15,23H,5,8-9,12H2,1-4H3/t15-/m1/s1. The molecule has 9 heteroatoms. The summed E-state index contributed by atoms with van der Waals surface area (Å²) < 4.78 is 34.8. The minimum Gasteiger partial charge on any atom is -0.495 e. The summed E-state index contributed by atoms with van der Waals surface area (Å²) in [6, 6.07) is 7.00. The van der Waals surface area contributed by atoms with Gasteiger partial charge in [-0.1, -0.05) is 13.0 Å². The maximum absolute atomic E-state index is 13.3. The molecule has 1 aliphatic heterocycles. The highest BCUT2D eigenvalue weighted by Crippen LogP contribution is 2.34. The van der Waals surface area contributed by atoms with E-state index in [0.717, 1.165) is 17.0 Å². The second-order valence-electron chi connectivity index (χ2n) is 7.74. The molecule has 0 saturated carbocycles. The SMILES string of the molecule is CCc1c(C)nc2cc([C@@H]3CCN(S(=O)(=O)c4cc(C)ccc4OC)C3)[nH]n2c1=O. The largest absolute Gasteiger partial charge is 0.495 e. The van der Waals surface area contributed by atoms with Gasteiger partial charge in [-0.15, -0.1) is 0 Å². The van der Waals surface area contributed by atoms with Crippen LogP contribution in [0, 0.1) is 13.8 Å². The molecule has 1 N–H and O–H groups in total. The van der Waals surface area contributed by atoms with E-state index in [2.05, 4.69) is 10.1 Å². The number of methoxy groups -OCH3 is 1. The van der Waals surface area contributed by atoms with Crippen molar-refractivity contribution in [1.82, 2.24) is 18.9 Å². The Morgan fingerprint density at radius 2 is 2.03 bits per heavy atom. The van der Waals surface area contributed by atoms with Crippen LogP contribution in [0.4, 0.5) is 0 Å². The Balaban J connectivity index is 1.66. The molecule has 2 aromatic heterocycles. The molecule has 3 heterocycles. The maximum Gasteiger partial charge on any atom is 0.276 e. The molecule has 8 nitrogen and oxygen atoms in total. The highest BCUT2D eigenvalue weighted by molar-refractivity contribution is 7.89. The van der Waals surface area contributed by atoms with Crippen LogP contribution in [0.5, 0.6) is 5.75 Å². The molecular weight excluding hydrogens is 404 g/mol. The predicted octanol–water partition coefficient (Wildman–Crippen LogP) is 2.39. The summed E-state index contributed by atoms with van der Waals surface area (Å²) in [6.07, 6.45) is 1.28. The fraction of sp³-hybridized carbons (Fsp3) is 0.429. The fourth-order valence-corrected chi connectivity index (χ4v) is 5.87. The third kappa shape index (κ3) is 3.31. The van der Waals surface area contributed by atoms with E-state index < -0.39 is 10.0 Å². The summed E-state index contributed by atoms with van der Waals surface area (Å²) in [7, 11) is -2.22. The Kier molecular flexibility index (Phi) is 5.19. The Bertz CT molecular complexity index is 1280. The lowest BCUT2D eigenvalue weighted by Crippen LogP contribution is -2.29. The van der Waals surface area contributed by atoms with Gasteiger partial charge < -0.3 is 4.74 Å². The van der Waals surface area contributed by atoms with Gasteiger partial charge in [-0.05, 0) is 44.4 Å². The normalized spacial score (nSPS) is 17.7. The van der Waals surface area contributed by atoms with Crippen LogP contribution in [0.15, 0.2) is 34.0 Å². The predicted molar refractivity (Wildman–Crippen MR) is 114 cm³/mol. The molecule has 1 fully saturated rings. The highest BCUT2D eigenvalue weighted by atomic mass is 32.2. The van der Waals surface area contributed by atoms with Gasteiger partial charge in [0.2, 0.25) is 10.0 Å². The first-order valence-electron chi connectivity index (χ1n) is 10.0. The topological polar surface area (TPSA) is 96.8 Å². The van der Waals surface area contributed by atoms with Crippen molar-refractivity contribution in [2.75, 3.05) is 20.2 Å². The van der Waals surface area contributed by atoms with Gasteiger partial charge in [0.1, 0.15) is 10.6 Å².